The molecule has 3 aromatic rings. The number of anilines is 1. The van der Waals surface area contributed by atoms with Gasteiger partial charge >= 0.3 is 0 Å². The number of fused-ring (bicyclic) bond motifs is 1. The minimum Gasteiger partial charge on any atom is -0.508 e. The molecule has 0 aliphatic carbocycles. The Morgan fingerprint density at radius 2 is 1.93 bits per heavy atom. The number of aryl methyl sites for hydroxylation is 2. The van der Waals surface area contributed by atoms with Crippen molar-refractivity contribution in [3.63, 3.8) is 0 Å². The predicted molar refractivity (Wildman–Crippen MR) is 112 cm³/mol. The van der Waals surface area contributed by atoms with Gasteiger partial charge in [0, 0.05) is 24.8 Å². The molecule has 0 saturated heterocycles. The van der Waals surface area contributed by atoms with E-state index in [9.17, 15) is 14.7 Å². The summed E-state index contributed by atoms with van der Waals surface area (Å²) in [4.78, 5) is 28.9. The van der Waals surface area contributed by atoms with Gasteiger partial charge in [0.2, 0.25) is 5.91 Å². The van der Waals surface area contributed by atoms with Crippen LogP contribution in [0.2, 0.25) is 0 Å². The van der Waals surface area contributed by atoms with E-state index in [0.29, 0.717) is 30.0 Å². The van der Waals surface area contributed by atoms with E-state index >= 15 is 0 Å². The topological polar surface area (TPSA) is 95.7 Å². The number of hydrogen-bond donors (Lipinski definition) is 3. The molecule has 0 saturated carbocycles. The van der Waals surface area contributed by atoms with Crippen LogP contribution in [0.5, 0.6) is 5.75 Å². The van der Waals surface area contributed by atoms with E-state index in [4.69, 9.17) is 0 Å². The molecule has 7 heteroatoms. The first-order valence-corrected chi connectivity index (χ1v) is 9.77. The Morgan fingerprint density at radius 3 is 2.72 bits per heavy atom. The number of unbranched alkanes of at least 4 members (excludes halogenated alkanes) is 2. The zero-order valence-corrected chi connectivity index (χ0v) is 16.7. The average molecular weight is 394 g/mol. The van der Waals surface area contributed by atoms with Gasteiger partial charge in [0.15, 0.2) is 0 Å². The first-order valence-electron chi connectivity index (χ1n) is 9.77. The first kappa shape index (κ1) is 20.4. The third-order valence-corrected chi connectivity index (χ3v) is 4.77. The molecule has 29 heavy (non-hydrogen) atoms. The van der Waals surface area contributed by atoms with E-state index in [1.165, 1.54) is 0 Å². The fourth-order valence-electron chi connectivity index (χ4n) is 3.26. The molecule has 0 aliphatic heterocycles. The van der Waals surface area contributed by atoms with Gasteiger partial charge in [-0.1, -0.05) is 12.5 Å². The van der Waals surface area contributed by atoms with Crippen molar-refractivity contribution in [3.8, 4) is 5.75 Å². The molecule has 0 bridgehead atoms. The molecule has 0 unspecified atom stereocenters. The minimum absolute atomic E-state index is 0.0517. The van der Waals surface area contributed by atoms with Gasteiger partial charge in [0.1, 0.15) is 17.1 Å². The summed E-state index contributed by atoms with van der Waals surface area (Å²) in [7, 11) is 0. The number of carbonyl (C=O) groups excluding carboxylic acids is 2. The summed E-state index contributed by atoms with van der Waals surface area (Å²) in [5.41, 5.74) is 3.55. The van der Waals surface area contributed by atoms with Crippen molar-refractivity contribution in [2.45, 2.75) is 39.5 Å². The molecule has 7 nitrogen and oxygen atoms in total. The lowest BCUT2D eigenvalue weighted by atomic mass is 10.1. The molecule has 0 radical (unpaired) electrons. The van der Waals surface area contributed by atoms with Gasteiger partial charge in [0.25, 0.3) is 5.91 Å². The van der Waals surface area contributed by atoms with Gasteiger partial charge < -0.3 is 15.7 Å². The Labute approximate surface area is 169 Å². The fraction of sp³-hybridized carbons (Fsp3) is 0.318. The molecule has 2 aromatic heterocycles. The second kappa shape index (κ2) is 9.23. The van der Waals surface area contributed by atoms with E-state index in [0.717, 1.165) is 30.5 Å². The Balaban J connectivity index is 1.38. The Kier molecular flexibility index (Phi) is 6.49. The fourth-order valence-corrected chi connectivity index (χ4v) is 3.26. The van der Waals surface area contributed by atoms with E-state index in [1.54, 1.807) is 22.6 Å². The maximum atomic E-state index is 12.5. The van der Waals surface area contributed by atoms with Crippen LogP contribution in [0.1, 0.15) is 47.4 Å². The van der Waals surface area contributed by atoms with Crippen LogP contribution in [0.15, 0.2) is 42.6 Å². The van der Waals surface area contributed by atoms with E-state index in [1.807, 2.05) is 38.2 Å². The number of phenolic OH excluding ortho intramolecular Hbond substituents is 1. The Morgan fingerprint density at radius 1 is 1.10 bits per heavy atom. The van der Waals surface area contributed by atoms with Crippen LogP contribution >= 0.6 is 0 Å². The van der Waals surface area contributed by atoms with Gasteiger partial charge in [-0.2, -0.15) is 0 Å². The molecule has 0 aliphatic rings. The lowest BCUT2D eigenvalue weighted by Gasteiger charge is -2.09. The number of aromatic hydroxyl groups is 1. The van der Waals surface area contributed by atoms with Crippen molar-refractivity contribution in [1.29, 1.82) is 0 Å². The maximum absolute atomic E-state index is 12.5. The molecular weight excluding hydrogens is 368 g/mol. The monoisotopic (exact) mass is 394 g/mol. The summed E-state index contributed by atoms with van der Waals surface area (Å²) in [5, 5.41) is 15.2. The summed E-state index contributed by atoms with van der Waals surface area (Å²) in [6, 6.07) is 10.5. The van der Waals surface area contributed by atoms with Crippen LogP contribution in [0.25, 0.3) is 5.65 Å². The van der Waals surface area contributed by atoms with Gasteiger partial charge in [0.05, 0.1) is 5.69 Å². The number of phenols is 1. The van der Waals surface area contributed by atoms with Crippen molar-refractivity contribution in [2.75, 3.05) is 11.9 Å². The highest BCUT2D eigenvalue weighted by Crippen LogP contribution is 2.20. The number of nitrogens with one attached hydrogen (secondary N) is 2. The molecule has 0 fully saturated rings. The summed E-state index contributed by atoms with van der Waals surface area (Å²) in [6.45, 7) is 4.22. The Bertz CT molecular complexity index is 1030. The number of aromatic nitrogens is 2. The van der Waals surface area contributed by atoms with Crippen LogP contribution in [0.4, 0.5) is 5.69 Å². The molecule has 152 valence electrons. The van der Waals surface area contributed by atoms with Crippen LogP contribution in [-0.2, 0) is 4.79 Å². The van der Waals surface area contributed by atoms with Gasteiger partial charge in [-0.25, -0.2) is 4.98 Å². The number of nitrogens with zero attached hydrogens (tertiary/aromatic N) is 2. The first-order chi connectivity index (χ1) is 14.0. The molecular formula is C22H26N4O3. The molecule has 3 N–H and O–H groups in total. The molecule has 3 rings (SSSR count). The average Bonchev–Trinajstić information content (AvgIpc) is 3.02. The number of pyridine rings is 1. The second-order valence-electron chi connectivity index (χ2n) is 7.09. The van der Waals surface area contributed by atoms with Gasteiger partial charge in [-0.05, 0) is 62.6 Å². The van der Waals surface area contributed by atoms with Crippen molar-refractivity contribution in [2.24, 2.45) is 0 Å². The van der Waals surface area contributed by atoms with E-state index in [2.05, 4.69) is 15.6 Å². The quantitative estimate of drug-likeness (QED) is 0.402. The minimum atomic E-state index is -0.137. The van der Waals surface area contributed by atoms with Gasteiger partial charge in [-0.15, -0.1) is 0 Å². The predicted octanol–water partition coefficient (Wildman–Crippen LogP) is 3.59. The van der Waals surface area contributed by atoms with Gasteiger partial charge in [-0.3, -0.25) is 14.0 Å². The number of rotatable bonds is 8. The zero-order chi connectivity index (χ0) is 20.8. The normalized spacial score (nSPS) is 10.8. The van der Waals surface area contributed by atoms with Crippen molar-refractivity contribution in [3.05, 3.63) is 59.5 Å². The molecule has 1 aromatic carbocycles. The van der Waals surface area contributed by atoms with Crippen molar-refractivity contribution < 1.29 is 14.7 Å². The SMILES string of the molecule is Cc1cc(O)ccc1NC(=O)CCCCCNC(=O)c1c(C)nc2ccccn12. The third kappa shape index (κ3) is 5.13. The van der Waals surface area contributed by atoms with Crippen LogP contribution in [0, 0.1) is 13.8 Å². The smallest absolute Gasteiger partial charge is 0.270 e. The lowest BCUT2D eigenvalue weighted by molar-refractivity contribution is -0.116. The van der Waals surface area contributed by atoms with Crippen LogP contribution in [-0.4, -0.2) is 32.9 Å². The van der Waals surface area contributed by atoms with Crippen LogP contribution in [0.3, 0.4) is 0 Å². The lowest BCUT2D eigenvalue weighted by Crippen LogP contribution is -2.26. The number of amides is 2. The largest absolute Gasteiger partial charge is 0.508 e. The number of imidazole rings is 1. The summed E-state index contributed by atoms with van der Waals surface area (Å²) < 4.78 is 1.79. The van der Waals surface area contributed by atoms with Crippen LogP contribution < -0.4 is 10.6 Å². The van der Waals surface area contributed by atoms with Crippen molar-refractivity contribution in [1.82, 2.24) is 14.7 Å². The molecule has 0 spiro atoms. The molecule has 2 amide bonds. The highest BCUT2D eigenvalue weighted by Gasteiger charge is 2.15. The molecule has 0 atom stereocenters. The molecule has 2 heterocycles. The number of carbonyl (C=O) groups is 2. The number of benzene rings is 1. The summed E-state index contributed by atoms with van der Waals surface area (Å²) >= 11 is 0. The highest BCUT2D eigenvalue weighted by molar-refractivity contribution is 5.94. The second-order valence-corrected chi connectivity index (χ2v) is 7.09. The van der Waals surface area contributed by atoms with E-state index in [-0.39, 0.29) is 17.6 Å². The third-order valence-electron chi connectivity index (χ3n) is 4.77. The highest BCUT2D eigenvalue weighted by atomic mass is 16.3. The number of hydrogen-bond acceptors (Lipinski definition) is 4. The van der Waals surface area contributed by atoms with Crippen molar-refractivity contribution >= 4 is 23.1 Å². The standard InChI is InChI=1S/C22H26N4O3/c1-15-14-17(27)10-11-18(15)25-20(28)9-4-3-6-12-23-22(29)21-16(2)24-19-8-5-7-13-26(19)21/h5,7-8,10-11,13-14,27H,3-4,6,9,12H2,1-2H3,(H,23,29)(H,25,28). The van der Waals surface area contributed by atoms with E-state index < -0.39 is 0 Å². The summed E-state index contributed by atoms with van der Waals surface area (Å²) in [5.74, 6) is -0.00686. The summed E-state index contributed by atoms with van der Waals surface area (Å²) in [6.07, 6.45) is 4.63. The zero-order valence-electron chi connectivity index (χ0n) is 16.7. The maximum Gasteiger partial charge on any atom is 0.270 e. The Hall–Kier alpha value is -3.35.